The molecule has 0 aliphatic heterocycles. The lowest BCUT2D eigenvalue weighted by atomic mass is 10.4. The van der Waals surface area contributed by atoms with Crippen LogP contribution >= 0.6 is 7.52 Å². The molecule has 0 aliphatic rings. The van der Waals surface area contributed by atoms with E-state index >= 15 is 0 Å². The van der Waals surface area contributed by atoms with E-state index in [9.17, 15) is 4.57 Å². The van der Waals surface area contributed by atoms with Crippen LogP contribution in [0.15, 0.2) is 0 Å². The summed E-state index contributed by atoms with van der Waals surface area (Å²) in [5.74, 6) is 0. The Kier molecular flexibility index (Phi) is 3.41. The van der Waals surface area contributed by atoms with Crippen molar-refractivity contribution in [1.82, 2.24) is 5.09 Å². The van der Waals surface area contributed by atoms with Gasteiger partial charge in [-0.25, -0.2) is 5.09 Å². The fraction of sp³-hybridized carbons (Fsp3) is 1.00. The van der Waals surface area contributed by atoms with Crippen molar-refractivity contribution in [3.05, 3.63) is 0 Å². The van der Waals surface area contributed by atoms with E-state index in [-0.39, 0.29) is 6.04 Å². The summed E-state index contributed by atoms with van der Waals surface area (Å²) in [7, 11) is -2.98. The van der Waals surface area contributed by atoms with Gasteiger partial charge in [0.25, 0.3) is 7.52 Å². The summed E-state index contributed by atoms with van der Waals surface area (Å²) >= 11 is 0. The fourth-order valence-corrected chi connectivity index (χ4v) is 1.48. The third kappa shape index (κ3) is 4.64. The van der Waals surface area contributed by atoms with Gasteiger partial charge in [0.05, 0.1) is 0 Å². The Bertz CT molecular complexity index is 124. The molecule has 56 valence electrons. The number of rotatable bonds is 3. The van der Waals surface area contributed by atoms with Crippen molar-refractivity contribution in [1.29, 1.82) is 0 Å². The average Bonchev–Trinajstić information content (AvgIpc) is 1.63. The summed E-state index contributed by atoms with van der Waals surface area (Å²) in [6, 6.07) is 0.0841. The van der Waals surface area contributed by atoms with Crippen LogP contribution in [-0.4, -0.2) is 17.1 Å². The van der Waals surface area contributed by atoms with E-state index in [0.717, 1.165) is 0 Å². The van der Waals surface area contributed by atoms with Gasteiger partial charge in [0, 0.05) is 12.2 Å². The quantitative estimate of drug-likeness (QED) is 0.595. The van der Waals surface area contributed by atoms with Gasteiger partial charge in [-0.2, -0.15) is 0 Å². The molecule has 0 aliphatic carbocycles. The molecule has 4 heteroatoms. The summed E-state index contributed by atoms with van der Waals surface area (Å²) < 4.78 is 10.8. The molecule has 0 saturated heterocycles. The molecule has 1 atom stereocenters. The zero-order valence-corrected chi connectivity index (χ0v) is 6.98. The molecule has 0 aromatic heterocycles. The predicted octanol–water partition coefficient (Wildman–Crippen LogP) is 1.19. The van der Waals surface area contributed by atoms with Crippen LogP contribution in [0.4, 0.5) is 0 Å². The molecular weight excluding hydrogens is 137 g/mol. The van der Waals surface area contributed by atoms with Gasteiger partial charge < -0.3 is 4.89 Å². The van der Waals surface area contributed by atoms with Crippen molar-refractivity contribution in [3.63, 3.8) is 0 Å². The zero-order chi connectivity index (χ0) is 7.49. The molecule has 0 saturated carbocycles. The van der Waals surface area contributed by atoms with E-state index in [1.165, 1.54) is 0 Å². The fourth-order valence-electron chi connectivity index (χ4n) is 0.495. The van der Waals surface area contributed by atoms with Gasteiger partial charge >= 0.3 is 0 Å². The van der Waals surface area contributed by atoms with E-state index in [4.69, 9.17) is 4.89 Å². The van der Waals surface area contributed by atoms with Crippen LogP contribution in [0.2, 0.25) is 0 Å². The number of hydrogen-bond donors (Lipinski definition) is 2. The molecule has 1 unspecified atom stereocenters. The minimum absolute atomic E-state index is 0.0841. The van der Waals surface area contributed by atoms with Gasteiger partial charge in [0.1, 0.15) is 0 Å². The Balaban J connectivity index is 3.73. The van der Waals surface area contributed by atoms with Crippen LogP contribution in [0, 0.1) is 0 Å². The first-order valence-corrected chi connectivity index (χ1v) is 4.92. The highest BCUT2D eigenvalue weighted by molar-refractivity contribution is 7.55. The minimum Gasteiger partial charge on any atom is -0.333 e. The third-order valence-corrected chi connectivity index (χ3v) is 2.67. The normalized spacial score (nSPS) is 17.9. The first kappa shape index (κ1) is 9.15. The molecule has 0 spiro atoms. The summed E-state index contributed by atoms with van der Waals surface area (Å²) in [5, 5.41) is 2.58. The Morgan fingerprint density at radius 3 is 2.22 bits per heavy atom. The van der Waals surface area contributed by atoms with E-state index in [1.54, 1.807) is 6.92 Å². The zero-order valence-electron chi connectivity index (χ0n) is 6.09. The lowest BCUT2D eigenvalue weighted by Gasteiger charge is -2.12. The van der Waals surface area contributed by atoms with Gasteiger partial charge in [0.2, 0.25) is 0 Å². The van der Waals surface area contributed by atoms with Crippen LogP contribution < -0.4 is 5.09 Å². The molecular formula is C5H14NO2P. The molecule has 2 N–H and O–H groups in total. The van der Waals surface area contributed by atoms with E-state index in [1.807, 2.05) is 13.8 Å². The standard InChI is InChI=1S/C5H14NO2P/c1-4-9(7,8)6-5(2)3/h5H,4H2,1-3H3,(H2,6,7,8). The van der Waals surface area contributed by atoms with E-state index in [2.05, 4.69) is 5.09 Å². The molecule has 9 heavy (non-hydrogen) atoms. The largest absolute Gasteiger partial charge is 0.333 e. The van der Waals surface area contributed by atoms with Crippen molar-refractivity contribution in [2.24, 2.45) is 0 Å². The van der Waals surface area contributed by atoms with Crippen LogP contribution in [0.3, 0.4) is 0 Å². The van der Waals surface area contributed by atoms with Crippen LogP contribution in [0.5, 0.6) is 0 Å². The molecule has 0 heterocycles. The van der Waals surface area contributed by atoms with Crippen molar-refractivity contribution >= 4 is 7.52 Å². The van der Waals surface area contributed by atoms with Crippen LogP contribution in [-0.2, 0) is 4.57 Å². The SMILES string of the molecule is CCP(=O)(O)NC(C)C. The maximum Gasteiger partial charge on any atom is 0.267 e. The Morgan fingerprint density at radius 1 is 1.67 bits per heavy atom. The van der Waals surface area contributed by atoms with E-state index < -0.39 is 7.52 Å². The monoisotopic (exact) mass is 151 g/mol. The Labute approximate surface area is 56.0 Å². The first-order chi connectivity index (χ1) is 3.98. The highest BCUT2D eigenvalue weighted by Gasteiger charge is 2.14. The lowest BCUT2D eigenvalue weighted by Crippen LogP contribution is -2.19. The summed E-state index contributed by atoms with van der Waals surface area (Å²) in [4.78, 5) is 8.94. The third-order valence-electron chi connectivity index (χ3n) is 0.889. The van der Waals surface area contributed by atoms with Gasteiger partial charge in [-0.15, -0.1) is 0 Å². The smallest absolute Gasteiger partial charge is 0.267 e. The second-order valence-electron chi connectivity index (χ2n) is 2.30. The van der Waals surface area contributed by atoms with Crippen molar-refractivity contribution in [2.75, 3.05) is 6.16 Å². The molecule has 0 rings (SSSR count). The van der Waals surface area contributed by atoms with Gasteiger partial charge in [-0.1, -0.05) is 6.92 Å². The second kappa shape index (κ2) is 3.35. The molecule has 0 radical (unpaired) electrons. The van der Waals surface area contributed by atoms with Crippen LogP contribution in [0.1, 0.15) is 20.8 Å². The van der Waals surface area contributed by atoms with Crippen molar-refractivity contribution in [2.45, 2.75) is 26.8 Å². The highest BCUT2D eigenvalue weighted by atomic mass is 31.2. The molecule has 0 fully saturated rings. The maximum absolute atomic E-state index is 10.8. The maximum atomic E-state index is 10.8. The highest BCUT2D eigenvalue weighted by Crippen LogP contribution is 2.34. The minimum atomic E-state index is -2.98. The number of hydrogen-bond acceptors (Lipinski definition) is 1. The van der Waals surface area contributed by atoms with Crippen molar-refractivity contribution in [3.8, 4) is 0 Å². The molecule has 3 nitrogen and oxygen atoms in total. The first-order valence-electron chi connectivity index (χ1n) is 3.07. The van der Waals surface area contributed by atoms with Gasteiger partial charge in [-0.3, -0.25) is 4.57 Å². The Hall–Kier alpha value is 0.150. The van der Waals surface area contributed by atoms with Gasteiger partial charge in [-0.05, 0) is 13.8 Å². The summed E-state index contributed by atoms with van der Waals surface area (Å²) in [6.07, 6.45) is 0.297. The van der Waals surface area contributed by atoms with Crippen LogP contribution in [0.25, 0.3) is 0 Å². The molecule has 0 aromatic rings. The topological polar surface area (TPSA) is 49.3 Å². The molecule has 0 aromatic carbocycles. The second-order valence-corrected chi connectivity index (χ2v) is 4.60. The van der Waals surface area contributed by atoms with E-state index in [0.29, 0.717) is 6.16 Å². The average molecular weight is 151 g/mol. The Morgan fingerprint density at radius 2 is 2.11 bits per heavy atom. The molecule has 0 bridgehead atoms. The molecule has 0 amide bonds. The lowest BCUT2D eigenvalue weighted by molar-refractivity contribution is 0.456. The summed E-state index contributed by atoms with van der Waals surface area (Å²) in [5.41, 5.74) is 0. The number of nitrogens with one attached hydrogen (secondary N) is 1. The van der Waals surface area contributed by atoms with Crippen molar-refractivity contribution < 1.29 is 9.46 Å². The summed E-state index contributed by atoms with van der Waals surface area (Å²) in [6.45, 7) is 5.38. The van der Waals surface area contributed by atoms with Gasteiger partial charge in [0.15, 0.2) is 0 Å². The predicted molar refractivity (Wildman–Crippen MR) is 38.6 cm³/mol.